The Morgan fingerprint density at radius 1 is 1.39 bits per heavy atom. The molecule has 0 radical (unpaired) electrons. The zero-order chi connectivity index (χ0) is 13.1. The van der Waals surface area contributed by atoms with Crippen molar-refractivity contribution in [2.45, 2.75) is 38.1 Å². The second-order valence-corrected chi connectivity index (χ2v) is 4.97. The van der Waals surface area contributed by atoms with E-state index >= 15 is 0 Å². The molecule has 0 bridgehead atoms. The van der Waals surface area contributed by atoms with E-state index in [4.69, 9.17) is 16.3 Å². The van der Waals surface area contributed by atoms with Crippen LogP contribution in [0.25, 0.3) is 0 Å². The molecule has 0 spiro atoms. The molecule has 1 aromatic rings. The maximum Gasteiger partial charge on any atom is 0.329 e. The molecular formula is C12H17ClN2O3. The summed E-state index contributed by atoms with van der Waals surface area (Å²) in [5.74, 6) is 0.177. The topological polar surface area (TPSA) is 64.1 Å². The highest BCUT2D eigenvalue weighted by Gasteiger charge is 2.24. The quantitative estimate of drug-likeness (QED) is 0.845. The number of halogens is 1. The molecule has 0 atom stereocenters. The average molecular weight is 273 g/mol. The summed E-state index contributed by atoms with van der Waals surface area (Å²) >= 11 is 6.02. The van der Waals surface area contributed by atoms with Crippen LogP contribution in [-0.4, -0.2) is 23.3 Å². The second kappa shape index (κ2) is 5.71. The molecule has 1 heterocycles. The van der Waals surface area contributed by atoms with Gasteiger partial charge in [-0.3, -0.25) is 14.3 Å². The van der Waals surface area contributed by atoms with Gasteiger partial charge in [0, 0.05) is 7.11 Å². The van der Waals surface area contributed by atoms with Crippen LogP contribution in [0.2, 0.25) is 5.15 Å². The number of methoxy groups -OCH3 is 1. The first kappa shape index (κ1) is 13.4. The van der Waals surface area contributed by atoms with Crippen LogP contribution in [-0.2, 0) is 11.3 Å². The van der Waals surface area contributed by atoms with Gasteiger partial charge >= 0.3 is 5.69 Å². The Hall–Kier alpha value is -1.07. The van der Waals surface area contributed by atoms with Crippen molar-refractivity contribution in [3.05, 3.63) is 31.6 Å². The third-order valence-corrected chi connectivity index (χ3v) is 3.75. The standard InChI is InChI=1S/C12H17ClN2O3/c1-18-7-6-15-11(16)9(8-4-2-3-5-8)10(13)14-12(15)17/h8H,2-7H2,1H3,(H,14,17). The summed E-state index contributed by atoms with van der Waals surface area (Å²) in [6.07, 6.45) is 4.14. The summed E-state index contributed by atoms with van der Waals surface area (Å²) in [5.41, 5.74) is -0.179. The maximum absolute atomic E-state index is 12.3. The van der Waals surface area contributed by atoms with Crippen LogP contribution in [0.3, 0.4) is 0 Å². The molecule has 2 rings (SSSR count). The number of nitrogens with one attached hydrogen (secondary N) is 1. The van der Waals surface area contributed by atoms with E-state index in [2.05, 4.69) is 4.98 Å². The molecule has 18 heavy (non-hydrogen) atoms. The highest BCUT2D eigenvalue weighted by Crippen LogP contribution is 2.34. The van der Waals surface area contributed by atoms with Gasteiger partial charge in [0.2, 0.25) is 0 Å². The van der Waals surface area contributed by atoms with E-state index in [1.54, 1.807) is 0 Å². The number of hydrogen-bond acceptors (Lipinski definition) is 3. The molecule has 0 aromatic carbocycles. The van der Waals surface area contributed by atoms with Gasteiger partial charge in [0.05, 0.1) is 18.7 Å². The smallest absolute Gasteiger partial charge is 0.329 e. The Bertz CT molecular complexity index is 529. The lowest BCUT2D eigenvalue weighted by Gasteiger charge is -2.13. The molecular weight excluding hydrogens is 256 g/mol. The van der Waals surface area contributed by atoms with Gasteiger partial charge < -0.3 is 4.74 Å². The molecule has 6 heteroatoms. The molecule has 1 aromatic heterocycles. The summed E-state index contributed by atoms with van der Waals surface area (Å²) in [6.45, 7) is 0.580. The van der Waals surface area contributed by atoms with Crippen LogP contribution in [0.4, 0.5) is 0 Å². The molecule has 1 aliphatic carbocycles. The van der Waals surface area contributed by atoms with Crippen molar-refractivity contribution in [1.82, 2.24) is 9.55 Å². The largest absolute Gasteiger partial charge is 0.383 e. The highest BCUT2D eigenvalue weighted by atomic mass is 35.5. The summed E-state index contributed by atoms with van der Waals surface area (Å²) in [6, 6.07) is 0. The fraction of sp³-hybridized carbons (Fsp3) is 0.667. The van der Waals surface area contributed by atoms with E-state index in [0.29, 0.717) is 12.2 Å². The Labute approximate surface area is 110 Å². The monoisotopic (exact) mass is 272 g/mol. The lowest BCUT2D eigenvalue weighted by molar-refractivity contribution is 0.184. The van der Waals surface area contributed by atoms with E-state index in [9.17, 15) is 9.59 Å². The van der Waals surface area contributed by atoms with Gasteiger partial charge in [0.15, 0.2) is 0 Å². The van der Waals surface area contributed by atoms with Crippen molar-refractivity contribution < 1.29 is 4.74 Å². The van der Waals surface area contributed by atoms with E-state index < -0.39 is 5.69 Å². The number of ether oxygens (including phenoxy) is 1. The Morgan fingerprint density at radius 2 is 2.06 bits per heavy atom. The van der Waals surface area contributed by atoms with Gasteiger partial charge in [-0.2, -0.15) is 0 Å². The van der Waals surface area contributed by atoms with Crippen LogP contribution in [0.15, 0.2) is 9.59 Å². The predicted octanol–water partition coefficient (Wildman–Crippen LogP) is 1.49. The Kier molecular flexibility index (Phi) is 4.24. The Balaban J connectivity index is 2.45. The number of aromatic amines is 1. The normalized spacial score (nSPS) is 16.3. The Morgan fingerprint density at radius 3 is 2.67 bits per heavy atom. The van der Waals surface area contributed by atoms with Crippen molar-refractivity contribution >= 4 is 11.6 Å². The van der Waals surface area contributed by atoms with E-state index in [1.165, 1.54) is 11.7 Å². The van der Waals surface area contributed by atoms with Crippen molar-refractivity contribution in [1.29, 1.82) is 0 Å². The fourth-order valence-electron chi connectivity index (χ4n) is 2.51. The van der Waals surface area contributed by atoms with Crippen LogP contribution in [0.5, 0.6) is 0 Å². The van der Waals surface area contributed by atoms with Crippen molar-refractivity contribution in [2.75, 3.05) is 13.7 Å². The third-order valence-electron chi connectivity index (χ3n) is 3.46. The SMILES string of the molecule is COCCn1c(=O)[nH]c(Cl)c(C2CCCC2)c1=O. The van der Waals surface area contributed by atoms with Crippen molar-refractivity contribution in [3.63, 3.8) is 0 Å². The van der Waals surface area contributed by atoms with Crippen LogP contribution >= 0.6 is 11.6 Å². The molecule has 5 nitrogen and oxygen atoms in total. The van der Waals surface area contributed by atoms with E-state index in [1.807, 2.05) is 0 Å². The number of rotatable bonds is 4. The van der Waals surface area contributed by atoms with Gasteiger partial charge in [-0.1, -0.05) is 24.4 Å². The first-order valence-corrected chi connectivity index (χ1v) is 6.54. The minimum Gasteiger partial charge on any atom is -0.383 e. The number of nitrogens with zero attached hydrogens (tertiary/aromatic N) is 1. The molecule has 1 saturated carbocycles. The van der Waals surface area contributed by atoms with Crippen LogP contribution in [0.1, 0.15) is 37.2 Å². The van der Waals surface area contributed by atoms with Gasteiger partial charge in [-0.05, 0) is 18.8 Å². The fourth-order valence-corrected chi connectivity index (χ4v) is 2.83. The lowest BCUT2D eigenvalue weighted by Crippen LogP contribution is -2.39. The molecule has 100 valence electrons. The zero-order valence-electron chi connectivity index (χ0n) is 10.4. The number of aromatic nitrogens is 2. The zero-order valence-corrected chi connectivity index (χ0v) is 11.1. The minimum atomic E-state index is -0.469. The van der Waals surface area contributed by atoms with Crippen molar-refractivity contribution in [3.8, 4) is 0 Å². The summed E-state index contributed by atoms with van der Waals surface area (Å²) in [5, 5.41) is 0.200. The molecule has 0 saturated heterocycles. The third kappa shape index (κ3) is 2.52. The molecule has 1 aliphatic rings. The molecule has 0 unspecified atom stereocenters. The molecule has 0 aliphatic heterocycles. The predicted molar refractivity (Wildman–Crippen MR) is 69.4 cm³/mol. The highest BCUT2D eigenvalue weighted by molar-refractivity contribution is 6.30. The van der Waals surface area contributed by atoms with Gasteiger partial charge in [0.25, 0.3) is 5.56 Å². The molecule has 0 amide bonds. The number of H-pyrrole nitrogens is 1. The van der Waals surface area contributed by atoms with Crippen molar-refractivity contribution in [2.24, 2.45) is 0 Å². The van der Waals surface area contributed by atoms with E-state index in [-0.39, 0.29) is 23.2 Å². The maximum atomic E-state index is 12.3. The molecule has 1 fully saturated rings. The first-order chi connectivity index (χ1) is 8.65. The first-order valence-electron chi connectivity index (χ1n) is 6.16. The minimum absolute atomic E-state index is 0.177. The van der Waals surface area contributed by atoms with Gasteiger partial charge in [-0.15, -0.1) is 0 Å². The average Bonchev–Trinajstić information content (AvgIpc) is 2.82. The van der Waals surface area contributed by atoms with Gasteiger partial charge in [0.1, 0.15) is 5.15 Å². The van der Waals surface area contributed by atoms with Crippen LogP contribution in [0, 0.1) is 0 Å². The van der Waals surface area contributed by atoms with Crippen LogP contribution < -0.4 is 11.2 Å². The lowest BCUT2D eigenvalue weighted by atomic mass is 10.0. The van der Waals surface area contributed by atoms with Gasteiger partial charge in [-0.25, -0.2) is 4.79 Å². The molecule has 1 N–H and O–H groups in total. The summed E-state index contributed by atoms with van der Waals surface area (Å²) < 4.78 is 6.08. The van der Waals surface area contributed by atoms with E-state index in [0.717, 1.165) is 25.7 Å². The summed E-state index contributed by atoms with van der Waals surface area (Å²) in [4.78, 5) is 26.6. The second-order valence-electron chi connectivity index (χ2n) is 4.59. The summed E-state index contributed by atoms with van der Waals surface area (Å²) in [7, 11) is 1.53. The number of hydrogen-bond donors (Lipinski definition) is 1.